The van der Waals surface area contributed by atoms with Crippen LogP contribution >= 0.6 is 0 Å². The van der Waals surface area contributed by atoms with Crippen LogP contribution in [0.3, 0.4) is 0 Å². The molecule has 150 valence electrons. The number of pyridine rings is 1. The summed E-state index contributed by atoms with van der Waals surface area (Å²) in [5, 5.41) is 0. The summed E-state index contributed by atoms with van der Waals surface area (Å²) >= 11 is 0. The Kier molecular flexibility index (Phi) is 4.83. The van der Waals surface area contributed by atoms with Gasteiger partial charge in [0.05, 0.1) is 4.90 Å². The number of aromatic nitrogens is 1. The molecule has 1 N–H and O–H groups in total. The number of benzene rings is 1. The first-order valence-corrected chi connectivity index (χ1v) is 10.6. The normalized spacial score (nSPS) is 25.1. The summed E-state index contributed by atoms with van der Waals surface area (Å²) in [6.07, 6.45) is -2.92. The minimum atomic E-state index is -4.49. The number of hydrogen-bond donors (Lipinski definition) is 1. The lowest BCUT2D eigenvalue weighted by molar-refractivity contribution is -0.141. The first-order chi connectivity index (χ1) is 13.2. The second kappa shape index (κ2) is 7.04. The van der Waals surface area contributed by atoms with Crippen molar-refractivity contribution in [2.45, 2.75) is 30.0 Å². The third-order valence-corrected chi connectivity index (χ3v) is 7.07. The highest BCUT2D eigenvalue weighted by atomic mass is 32.2. The summed E-state index contributed by atoms with van der Waals surface area (Å²) in [6, 6.07) is 11.8. The molecule has 2 heterocycles. The maximum atomic E-state index is 12.9. The van der Waals surface area contributed by atoms with Crippen molar-refractivity contribution in [2.24, 2.45) is 11.8 Å². The maximum absolute atomic E-state index is 12.9. The molecule has 2 aromatic rings. The van der Waals surface area contributed by atoms with Gasteiger partial charge in [-0.1, -0.05) is 24.3 Å². The molecule has 1 aliphatic carbocycles. The Morgan fingerprint density at radius 3 is 2.46 bits per heavy atom. The van der Waals surface area contributed by atoms with Crippen molar-refractivity contribution < 1.29 is 21.6 Å². The van der Waals surface area contributed by atoms with Gasteiger partial charge in [0.1, 0.15) is 11.5 Å². The molecule has 0 spiro atoms. The number of nitrogens with zero attached hydrogens (tertiary/aromatic N) is 2. The fourth-order valence-electron chi connectivity index (χ4n) is 4.22. The zero-order chi connectivity index (χ0) is 19.9. The average molecular weight is 411 g/mol. The van der Waals surface area contributed by atoms with Gasteiger partial charge in [0.25, 0.3) is 0 Å². The summed E-state index contributed by atoms with van der Waals surface area (Å²) < 4.78 is 66.8. The number of halogens is 3. The predicted molar refractivity (Wildman–Crippen MR) is 98.2 cm³/mol. The van der Waals surface area contributed by atoms with E-state index in [1.54, 1.807) is 36.4 Å². The van der Waals surface area contributed by atoms with Crippen molar-refractivity contribution in [3.8, 4) is 0 Å². The van der Waals surface area contributed by atoms with E-state index >= 15 is 0 Å². The van der Waals surface area contributed by atoms with Gasteiger partial charge >= 0.3 is 6.18 Å². The van der Waals surface area contributed by atoms with Crippen molar-refractivity contribution in [3.63, 3.8) is 0 Å². The Labute approximate surface area is 161 Å². The van der Waals surface area contributed by atoms with Crippen LogP contribution in [0, 0.1) is 11.8 Å². The van der Waals surface area contributed by atoms with E-state index in [0.717, 1.165) is 18.9 Å². The van der Waals surface area contributed by atoms with Crippen molar-refractivity contribution in [1.29, 1.82) is 0 Å². The fourth-order valence-corrected chi connectivity index (χ4v) is 5.57. The molecule has 1 saturated carbocycles. The molecule has 2 aliphatic rings. The van der Waals surface area contributed by atoms with Crippen LogP contribution in [-0.2, 0) is 16.2 Å². The Bertz CT molecular complexity index is 950. The van der Waals surface area contributed by atoms with Crippen LogP contribution in [0.25, 0.3) is 0 Å². The Morgan fingerprint density at radius 2 is 1.75 bits per heavy atom. The standard InChI is InChI=1S/C19H20F3N3O2S/c20-19(21,22)17-7-4-8-18(23-17)25-11-13-9-10-16(15(13)12-25)24-28(26,27)14-5-2-1-3-6-14/h1-8,13,15-16,24H,9-12H2/t13-,15+,16+/m1/s1. The zero-order valence-corrected chi connectivity index (χ0v) is 15.7. The number of rotatable bonds is 4. The highest BCUT2D eigenvalue weighted by Crippen LogP contribution is 2.40. The minimum Gasteiger partial charge on any atom is -0.356 e. The van der Waals surface area contributed by atoms with E-state index in [4.69, 9.17) is 0 Å². The van der Waals surface area contributed by atoms with Gasteiger partial charge in [0, 0.05) is 19.1 Å². The van der Waals surface area contributed by atoms with E-state index < -0.39 is 21.9 Å². The maximum Gasteiger partial charge on any atom is 0.433 e. The lowest BCUT2D eigenvalue weighted by Gasteiger charge is -2.23. The highest BCUT2D eigenvalue weighted by molar-refractivity contribution is 7.89. The number of hydrogen-bond acceptors (Lipinski definition) is 4. The molecule has 0 bridgehead atoms. The summed E-state index contributed by atoms with van der Waals surface area (Å²) in [5.41, 5.74) is -0.914. The Morgan fingerprint density at radius 1 is 1.00 bits per heavy atom. The topological polar surface area (TPSA) is 62.3 Å². The Balaban J connectivity index is 1.49. The molecule has 0 unspecified atom stereocenters. The fraction of sp³-hybridized carbons (Fsp3) is 0.421. The third kappa shape index (κ3) is 3.73. The van der Waals surface area contributed by atoms with Gasteiger partial charge in [-0.3, -0.25) is 0 Å². The lowest BCUT2D eigenvalue weighted by Crippen LogP contribution is -2.39. The monoisotopic (exact) mass is 411 g/mol. The van der Waals surface area contributed by atoms with Crippen molar-refractivity contribution >= 4 is 15.8 Å². The van der Waals surface area contributed by atoms with E-state index in [1.807, 2.05) is 4.90 Å². The van der Waals surface area contributed by atoms with E-state index in [-0.39, 0.29) is 28.6 Å². The molecule has 1 aromatic heterocycles. The quantitative estimate of drug-likeness (QED) is 0.839. The van der Waals surface area contributed by atoms with Crippen LogP contribution in [0.1, 0.15) is 18.5 Å². The first-order valence-electron chi connectivity index (χ1n) is 9.10. The van der Waals surface area contributed by atoms with E-state index in [1.165, 1.54) is 6.07 Å². The average Bonchev–Trinajstić information content (AvgIpc) is 3.24. The highest BCUT2D eigenvalue weighted by Gasteiger charge is 2.44. The SMILES string of the molecule is O=S(=O)(N[C@H]1CC[C@@H]2CN(c3cccc(C(F)(F)F)n3)C[C@@H]21)c1ccccc1. The largest absolute Gasteiger partial charge is 0.433 e. The summed E-state index contributed by atoms with van der Waals surface area (Å²) in [6.45, 7) is 1.07. The Hall–Kier alpha value is -2.13. The van der Waals surface area contributed by atoms with Crippen LogP contribution in [0.5, 0.6) is 0 Å². The van der Waals surface area contributed by atoms with Gasteiger partial charge in [-0.05, 0) is 48.9 Å². The van der Waals surface area contributed by atoms with Crippen LogP contribution < -0.4 is 9.62 Å². The van der Waals surface area contributed by atoms with Gasteiger partial charge < -0.3 is 4.90 Å². The molecule has 1 saturated heterocycles. The smallest absolute Gasteiger partial charge is 0.356 e. The predicted octanol–water partition coefficient (Wildman–Crippen LogP) is 3.29. The van der Waals surface area contributed by atoms with Gasteiger partial charge in [0.15, 0.2) is 0 Å². The van der Waals surface area contributed by atoms with Crippen molar-refractivity contribution in [1.82, 2.24) is 9.71 Å². The number of alkyl halides is 3. The molecule has 28 heavy (non-hydrogen) atoms. The first kappa shape index (κ1) is 19.2. The molecule has 3 atom stereocenters. The molecule has 0 amide bonds. The van der Waals surface area contributed by atoms with Crippen LogP contribution in [0.15, 0.2) is 53.4 Å². The van der Waals surface area contributed by atoms with Crippen LogP contribution in [0.2, 0.25) is 0 Å². The molecule has 1 aromatic carbocycles. The molecular formula is C19H20F3N3O2S. The molecule has 9 heteroatoms. The van der Waals surface area contributed by atoms with E-state index in [9.17, 15) is 21.6 Å². The molecular weight excluding hydrogens is 391 g/mol. The number of fused-ring (bicyclic) bond motifs is 1. The second-order valence-electron chi connectivity index (χ2n) is 7.33. The van der Waals surface area contributed by atoms with Crippen molar-refractivity contribution in [3.05, 3.63) is 54.2 Å². The van der Waals surface area contributed by atoms with E-state index in [2.05, 4.69) is 9.71 Å². The number of sulfonamides is 1. The summed E-state index contributed by atoms with van der Waals surface area (Å²) in [7, 11) is -3.62. The van der Waals surface area contributed by atoms with Gasteiger partial charge in [-0.25, -0.2) is 18.1 Å². The molecule has 1 aliphatic heterocycles. The molecule has 2 fully saturated rings. The molecule has 5 nitrogen and oxygen atoms in total. The molecule has 4 rings (SSSR count). The molecule has 0 radical (unpaired) electrons. The summed E-state index contributed by atoms with van der Waals surface area (Å²) in [4.78, 5) is 5.81. The third-order valence-electron chi connectivity index (χ3n) is 5.57. The second-order valence-corrected chi connectivity index (χ2v) is 9.04. The van der Waals surface area contributed by atoms with Gasteiger partial charge in [0.2, 0.25) is 10.0 Å². The van der Waals surface area contributed by atoms with E-state index in [0.29, 0.717) is 13.1 Å². The van der Waals surface area contributed by atoms with Gasteiger partial charge in [-0.15, -0.1) is 0 Å². The van der Waals surface area contributed by atoms with Crippen molar-refractivity contribution in [2.75, 3.05) is 18.0 Å². The number of anilines is 1. The summed E-state index contributed by atoms with van der Waals surface area (Å²) in [5.74, 6) is 0.573. The van der Waals surface area contributed by atoms with Crippen LogP contribution in [0.4, 0.5) is 19.0 Å². The minimum absolute atomic E-state index is 0.0508. The lowest BCUT2D eigenvalue weighted by atomic mass is 9.98. The number of nitrogens with one attached hydrogen (secondary N) is 1. The zero-order valence-electron chi connectivity index (χ0n) is 14.9. The van der Waals surface area contributed by atoms with Crippen LogP contribution in [-0.4, -0.2) is 32.5 Å². The van der Waals surface area contributed by atoms with Gasteiger partial charge in [-0.2, -0.15) is 13.2 Å².